The van der Waals surface area contributed by atoms with E-state index < -0.39 is 0 Å². The van der Waals surface area contributed by atoms with Gasteiger partial charge < -0.3 is 19.1 Å². The molecule has 1 aromatic rings. The summed E-state index contributed by atoms with van der Waals surface area (Å²) in [5.41, 5.74) is 1.69. The monoisotopic (exact) mass is 358 g/mol. The Kier molecular flexibility index (Phi) is 8.85. The van der Waals surface area contributed by atoms with Crippen molar-refractivity contribution in [2.24, 2.45) is 0 Å². The van der Waals surface area contributed by atoms with Gasteiger partial charge in [-0.3, -0.25) is 0 Å². The van der Waals surface area contributed by atoms with E-state index in [4.69, 9.17) is 14.2 Å². The van der Waals surface area contributed by atoms with E-state index >= 15 is 0 Å². The van der Waals surface area contributed by atoms with Crippen LogP contribution >= 0.6 is 0 Å². The number of hydrogen-bond acceptors (Lipinski definition) is 5. The molecule has 26 heavy (non-hydrogen) atoms. The Morgan fingerprint density at radius 3 is 2.77 bits per heavy atom. The molecule has 0 aromatic heterocycles. The van der Waals surface area contributed by atoms with Crippen molar-refractivity contribution in [1.29, 1.82) is 5.26 Å². The SMILES string of the molecule is CCCCCCOc1ccc(OC)c(C/C(C#N)=C/N2CCOCC2)c1. The zero-order valence-corrected chi connectivity index (χ0v) is 16.0. The molecule has 0 atom stereocenters. The highest BCUT2D eigenvalue weighted by Crippen LogP contribution is 2.26. The fourth-order valence-corrected chi connectivity index (χ4v) is 2.95. The molecule has 1 aromatic carbocycles. The highest BCUT2D eigenvalue weighted by molar-refractivity contribution is 5.44. The lowest BCUT2D eigenvalue weighted by atomic mass is 10.0. The molecule has 2 rings (SSSR count). The van der Waals surface area contributed by atoms with Crippen molar-refractivity contribution in [2.75, 3.05) is 40.0 Å². The molecule has 0 saturated carbocycles. The maximum Gasteiger partial charge on any atom is 0.122 e. The van der Waals surface area contributed by atoms with Gasteiger partial charge in [0.05, 0.1) is 33.0 Å². The number of benzene rings is 1. The molecule has 0 spiro atoms. The lowest BCUT2D eigenvalue weighted by Crippen LogP contribution is -2.32. The quantitative estimate of drug-likeness (QED) is 0.468. The van der Waals surface area contributed by atoms with Crippen LogP contribution < -0.4 is 9.47 Å². The van der Waals surface area contributed by atoms with Crippen LogP contribution in [-0.4, -0.2) is 44.9 Å². The van der Waals surface area contributed by atoms with Crippen molar-refractivity contribution < 1.29 is 14.2 Å². The van der Waals surface area contributed by atoms with Crippen LogP contribution in [0.5, 0.6) is 11.5 Å². The molecule has 0 radical (unpaired) electrons. The summed E-state index contributed by atoms with van der Waals surface area (Å²) in [6, 6.07) is 8.15. The van der Waals surface area contributed by atoms with Crippen molar-refractivity contribution in [3.63, 3.8) is 0 Å². The van der Waals surface area contributed by atoms with Crippen LogP contribution in [0.2, 0.25) is 0 Å². The summed E-state index contributed by atoms with van der Waals surface area (Å²) in [5, 5.41) is 9.53. The van der Waals surface area contributed by atoms with Gasteiger partial charge >= 0.3 is 0 Å². The molecule has 0 unspecified atom stereocenters. The Morgan fingerprint density at radius 2 is 2.08 bits per heavy atom. The van der Waals surface area contributed by atoms with Gasteiger partial charge in [-0.25, -0.2) is 0 Å². The first-order chi connectivity index (χ1) is 12.8. The van der Waals surface area contributed by atoms with Crippen molar-refractivity contribution in [3.8, 4) is 17.6 Å². The average molecular weight is 358 g/mol. The first-order valence-electron chi connectivity index (χ1n) is 9.49. The number of rotatable bonds is 10. The second-order valence-corrected chi connectivity index (χ2v) is 6.47. The minimum atomic E-state index is 0.532. The topological polar surface area (TPSA) is 54.7 Å². The third-order valence-corrected chi connectivity index (χ3v) is 4.43. The van der Waals surface area contributed by atoms with Gasteiger partial charge in [0, 0.05) is 36.8 Å². The van der Waals surface area contributed by atoms with Gasteiger partial charge in [0.15, 0.2) is 0 Å². The lowest BCUT2D eigenvalue weighted by molar-refractivity contribution is 0.0591. The third kappa shape index (κ3) is 6.61. The number of methoxy groups -OCH3 is 1. The summed E-state index contributed by atoms with van der Waals surface area (Å²) >= 11 is 0. The van der Waals surface area contributed by atoms with Crippen LogP contribution in [-0.2, 0) is 11.2 Å². The van der Waals surface area contributed by atoms with E-state index in [-0.39, 0.29) is 0 Å². The van der Waals surface area contributed by atoms with Gasteiger partial charge in [0.2, 0.25) is 0 Å². The molecule has 142 valence electrons. The van der Waals surface area contributed by atoms with Gasteiger partial charge in [-0.15, -0.1) is 0 Å². The number of unbranched alkanes of at least 4 members (excludes halogenated alkanes) is 3. The minimum absolute atomic E-state index is 0.532. The predicted octanol–water partition coefficient (Wildman–Crippen LogP) is 3.94. The predicted molar refractivity (Wildman–Crippen MR) is 102 cm³/mol. The Balaban J connectivity index is 2.01. The van der Waals surface area contributed by atoms with E-state index in [0.717, 1.165) is 43.2 Å². The summed E-state index contributed by atoms with van der Waals surface area (Å²) < 4.78 is 16.7. The van der Waals surface area contributed by atoms with E-state index in [1.807, 2.05) is 24.4 Å². The molecule has 5 nitrogen and oxygen atoms in total. The summed E-state index contributed by atoms with van der Waals surface area (Å²) in [5.74, 6) is 1.62. The lowest BCUT2D eigenvalue weighted by Gasteiger charge is -2.25. The molecule has 1 aliphatic heterocycles. The molecule has 5 heteroatoms. The normalized spacial score (nSPS) is 14.8. The van der Waals surface area contributed by atoms with Crippen LogP contribution in [0.3, 0.4) is 0 Å². The number of hydrogen-bond donors (Lipinski definition) is 0. The summed E-state index contributed by atoms with van der Waals surface area (Å²) in [4.78, 5) is 2.14. The highest BCUT2D eigenvalue weighted by Gasteiger charge is 2.11. The Bertz CT molecular complexity index is 616. The maximum atomic E-state index is 9.53. The van der Waals surface area contributed by atoms with Crippen LogP contribution in [0.15, 0.2) is 30.0 Å². The summed E-state index contributed by atoms with van der Waals surface area (Å²) in [6.45, 7) is 5.99. The van der Waals surface area contributed by atoms with Crippen LogP contribution in [0.1, 0.15) is 38.2 Å². The average Bonchev–Trinajstić information content (AvgIpc) is 2.68. The Labute approximate surface area is 157 Å². The molecule has 0 bridgehead atoms. The first-order valence-corrected chi connectivity index (χ1v) is 9.49. The first kappa shape index (κ1) is 20.1. The third-order valence-electron chi connectivity index (χ3n) is 4.43. The fraction of sp³-hybridized carbons (Fsp3) is 0.571. The van der Waals surface area contributed by atoms with Gasteiger partial charge in [0.25, 0.3) is 0 Å². The van der Waals surface area contributed by atoms with Gasteiger partial charge in [-0.05, 0) is 24.6 Å². The van der Waals surface area contributed by atoms with Crippen molar-refractivity contribution in [2.45, 2.75) is 39.0 Å². The van der Waals surface area contributed by atoms with E-state index in [9.17, 15) is 5.26 Å². The number of nitrogens with zero attached hydrogens (tertiary/aromatic N) is 2. The molecule has 0 amide bonds. The minimum Gasteiger partial charge on any atom is -0.496 e. The smallest absolute Gasteiger partial charge is 0.122 e. The molecule has 1 saturated heterocycles. The Hall–Kier alpha value is -2.19. The van der Waals surface area contributed by atoms with Gasteiger partial charge in [-0.2, -0.15) is 5.26 Å². The van der Waals surface area contributed by atoms with Crippen LogP contribution in [0.25, 0.3) is 0 Å². The highest BCUT2D eigenvalue weighted by atomic mass is 16.5. The maximum absolute atomic E-state index is 9.53. The van der Waals surface area contributed by atoms with Crippen molar-refractivity contribution in [1.82, 2.24) is 4.90 Å². The summed E-state index contributed by atoms with van der Waals surface area (Å²) in [7, 11) is 1.65. The molecule has 1 aliphatic rings. The fourth-order valence-electron chi connectivity index (χ4n) is 2.95. The molecule has 0 N–H and O–H groups in total. The largest absolute Gasteiger partial charge is 0.496 e. The van der Waals surface area contributed by atoms with Gasteiger partial charge in [0.1, 0.15) is 11.5 Å². The number of ether oxygens (including phenoxy) is 3. The molecule has 1 fully saturated rings. The van der Waals surface area contributed by atoms with Crippen LogP contribution in [0, 0.1) is 11.3 Å². The zero-order valence-electron chi connectivity index (χ0n) is 16.0. The molecule has 1 heterocycles. The molecule has 0 aliphatic carbocycles. The van der Waals surface area contributed by atoms with E-state index in [2.05, 4.69) is 17.9 Å². The van der Waals surface area contributed by atoms with E-state index in [1.165, 1.54) is 19.3 Å². The van der Waals surface area contributed by atoms with E-state index in [0.29, 0.717) is 25.2 Å². The van der Waals surface area contributed by atoms with Crippen molar-refractivity contribution >= 4 is 0 Å². The molecular formula is C21H30N2O3. The number of morpholine rings is 1. The van der Waals surface area contributed by atoms with Gasteiger partial charge in [-0.1, -0.05) is 26.2 Å². The molecular weight excluding hydrogens is 328 g/mol. The van der Waals surface area contributed by atoms with Crippen LogP contribution in [0.4, 0.5) is 0 Å². The number of nitriles is 1. The standard InChI is InChI=1S/C21H30N2O3/c1-3-4-5-6-11-26-20-7-8-21(24-2)19(15-20)14-18(16-22)17-23-9-12-25-13-10-23/h7-8,15,17H,3-6,9-14H2,1-2H3/b18-17-. The second kappa shape index (κ2) is 11.4. The number of allylic oxidation sites excluding steroid dienone is 1. The Morgan fingerprint density at radius 1 is 1.27 bits per heavy atom. The summed E-state index contributed by atoms with van der Waals surface area (Å²) in [6.07, 6.45) is 7.20. The van der Waals surface area contributed by atoms with Crippen molar-refractivity contribution in [3.05, 3.63) is 35.5 Å². The van der Waals surface area contributed by atoms with E-state index in [1.54, 1.807) is 7.11 Å². The zero-order chi connectivity index (χ0) is 18.6. The second-order valence-electron chi connectivity index (χ2n) is 6.47.